The topological polar surface area (TPSA) is 135 Å². The van der Waals surface area contributed by atoms with E-state index in [1.54, 1.807) is 19.2 Å². The minimum atomic E-state index is -0.0614. The second-order valence-corrected chi connectivity index (χ2v) is 6.51. The zero-order chi connectivity index (χ0) is 20.7. The Hall–Kier alpha value is -3.47. The molecule has 8 nitrogen and oxygen atoms in total. The zero-order valence-electron chi connectivity index (χ0n) is 16.1. The van der Waals surface area contributed by atoms with E-state index in [1.807, 2.05) is 6.07 Å². The number of piperidine rings is 1. The normalized spacial score (nSPS) is 14.8. The number of anilines is 1. The van der Waals surface area contributed by atoms with Crippen LogP contribution in [0.4, 0.5) is 5.69 Å². The summed E-state index contributed by atoms with van der Waals surface area (Å²) in [5.41, 5.74) is 2.46. The first-order valence-electron chi connectivity index (χ1n) is 8.91. The number of rotatable bonds is 6. The maximum atomic E-state index is 9.62. The Morgan fingerprint density at radius 3 is 2.50 bits per heavy atom. The van der Waals surface area contributed by atoms with Gasteiger partial charge in [-0.2, -0.15) is 5.26 Å². The van der Waals surface area contributed by atoms with E-state index in [9.17, 15) is 5.26 Å². The van der Waals surface area contributed by atoms with Crippen LogP contribution in [0.2, 0.25) is 0 Å². The summed E-state index contributed by atoms with van der Waals surface area (Å²) in [6.45, 7) is 1.33. The smallest absolute Gasteiger partial charge is 0.206 e. The van der Waals surface area contributed by atoms with Gasteiger partial charge in [-0.05, 0) is 18.9 Å². The summed E-state index contributed by atoms with van der Waals surface area (Å²) in [4.78, 5) is 3.62. The van der Waals surface area contributed by atoms with Crippen LogP contribution in [0.5, 0.6) is 0 Å². The second-order valence-electron chi connectivity index (χ2n) is 6.51. The van der Waals surface area contributed by atoms with Crippen molar-refractivity contribution in [1.82, 2.24) is 4.90 Å². The number of ether oxygens (including phenoxy) is 1. The number of amidine groups is 1. The average molecular weight is 379 g/mol. The first kappa shape index (κ1) is 20.8. The third kappa shape index (κ3) is 4.43. The van der Waals surface area contributed by atoms with E-state index in [1.165, 1.54) is 18.1 Å². The molecule has 1 aliphatic rings. The first-order valence-corrected chi connectivity index (χ1v) is 8.91. The lowest BCUT2D eigenvalue weighted by Crippen LogP contribution is -2.41. The van der Waals surface area contributed by atoms with Gasteiger partial charge < -0.3 is 19.9 Å². The summed E-state index contributed by atoms with van der Waals surface area (Å²) in [5, 5.41) is 40.6. The molecule has 0 bridgehead atoms. The minimum absolute atomic E-state index is 0.0614. The molecular weight excluding hydrogens is 354 g/mol. The van der Waals surface area contributed by atoms with Gasteiger partial charge in [-0.1, -0.05) is 12.1 Å². The van der Waals surface area contributed by atoms with Gasteiger partial charge in [0.05, 0.1) is 24.7 Å². The van der Waals surface area contributed by atoms with Gasteiger partial charge in [0.15, 0.2) is 0 Å². The average Bonchev–Trinajstić information content (AvgIpc) is 2.75. The predicted octanol–water partition coefficient (Wildman–Crippen LogP) is 2.95. The molecule has 0 aromatic heterocycles. The van der Waals surface area contributed by atoms with Crippen molar-refractivity contribution in [2.24, 2.45) is 5.92 Å². The zero-order valence-corrected chi connectivity index (χ0v) is 16.1. The molecule has 1 aromatic rings. The van der Waals surface area contributed by atoms with Gasteiger partial charge in [0.1, 0.15) is 11.9 Å². The molecule has 1 fully saturated rings. The van der Waals surface area contributed by atoms with Crippen LogP contribution in [0.1, 0.15) is 24.0 Å². The quantitative estimate of drug-likeness (QED) is 0.446. The highest BCUT2D eigenvalue weighted by Crippen LogP contribution is 2.33. The van der Waals surface area contributed by atoms with Crippen LogP contribution < -0.4 is 4.90 Å². The molecule has 1 heterocycles. The molecule has 0 aliphatic carbocycles. The van der Waals surface area contributed by atoms with Crippen LogP contribution >= 0.6 is 0 Å². The number of para-hydroxylation sites is 1. The number of hydrogen-bond acceptors (Lipinski definition) is 7. The fourth-order valence-corrected chi connectivity index (χ4v) is 3.34. The van der Waals surface area contributed by atoms with Crippen molar-refractivity contribution in [2.75, 3.05) is 32.1 Å². The third-order valence-electron chi connectivity index (χ3n) is 4.90. The molecule has 0 saturated carbocycles. The summed E-state index contributed by atoms with van der Waals surface area (Å²) < 4.78 is 4.90. The lowest BCUT2D eigenvalue weighted by atomic mass is 9.92. The highest BCUT2D eigenvalue weighted by atomic mass is 16.5. The lowest BCUT2D eigenvalue weighted by molar-refractivity contribution is 0.403. The molecule has 1 saturated heterocycles. The maximum absolute atomic E-state index is 9.62. The Morgan fingerprint density at radius 2 is 1.96 bits per heavy atom. The van der Waals surface area contributed by atoms with Crippen molar-refractivity contribution in [3.8, 4) is 6.07 Å². The Kier molecular flexibility index (Phi) is 7.04. The molecule has 1 aromatic carbocycles. The van der Waals surface area contributed by atoms with Crippen molar-refractivity contribution in [2.45, 2.75) is 12.8 Å². The number of benzene rings is 1. The summed E-state index contributed by atoms with van der Waals surface area (Å²) in [7, 11) is 3.11. The monoisotopic (exact) mass is 379 g/mol. The van der Waals surface area contributed by atoms with E-state index in [-0.39, 0.29) is 11.8 Å². The fourth-order valence-electron chi connectivity index (χ4n) is 3.34. The number of nitriles is 1. The van der Waals surface area contributed by atoms with E-state index >= 15 is 0 Å². The Morgan fingerprint density at radius 1 is 1.29 bits per heavy atom. The highest BCUT2D eigenvalue weighted by molar-refractivity contribution is 6.16. The van der Waals surface area contributed by atoms with Crippen LogP contribution in [-0.2, 0) is 4.74 Å². The summed E-state index contributed by atoms with van der Waals surface area (Å²) in [6, 6.07) is 7.59. The van der Waals surface area contributed by atoms with E-state index in [4.69, 9.17) is 26.4 Å². The molecule has 0 amide bonds. The molecular formula is C20H25N7O. The molecule has 1 aliphatic heterocycles. The first-order chi connectivity index (χ1) is 13.5. The number of methoxy groups -OCH3 is 1. The molecule has 0 unspecified atom stereocenters. The Bertz CT molecular complexity index is 845. The van der Waals surface area contributed by atoms with Crippen molar-refractivity contribution in [1.29, 1.82) is 26.9 Å². The minimum Gasteiger partial charge on any atom is -0.481 e. The van der Waals surface area contributed by atoms with Gasteiger partial charge in [-0.3, -0.25) is 16.2 Å². The second kappa shape index (κ2) is 9.46. The van der Waals surface area contributed by atoms with E-state index in [0.29, 0.717) is 35.6 Å². The van der Waals surface area contributed by atoms with Crippen LogP contribution in [0, 0.1) is 38.9 Å². The van der Waals surface area contributed by atoms with Gasteiger partial charge >= 0.3 is 0 Å². The van der Waals surface area contributed by atoms with E-state index < -0.39 is 0 Å². The van der Waals surface area contributed by atoms with Crippen molar-refractivity contribution in [3.63, 3.8) is 0 Å². The molecule has 2 rings (SSSR count). The lowest BCUT2D eigenvalue weighted by Gasteiger charge is -2.36. The van der Waals surface area contributed by atoms with Gasteiger partial charge in [0.2, 0.25) is 5.90 Å². The van der Waals surface area contributed by atoms with Crippen molar-refractivity contribution in [3.05, 3.63) is 35.4 Å². The molecule has 28 heavy (non-hydrogen) atoms. The highest BCUT2D eigenvalue weighted by Gasteiger charge is 2.27. The van der Waals surface area contributed by atoms with Crippen LogP contribution in [0.25, 0.3) is 5.57 Å². The summed E-state index contributed by atoms with van der Waals surface area (Å²) >= 11 is 0. The fraction of sp³-hybridized carbons (Fsp3) is 0.350. The standard InChI is InChI=1S/C20H25N7O/c1-26(13-23)20(25)14-6-8-27(9-7-14)19-15(11-21)4-3-5-17(19)16(12-22)10-18(24)28-2/h3-5,10,12-14,22-25H,6-9H2,1-2H3/b16-10+,22-12?,23-13?,24-18?,25-20?. The van der Waals surface area contributed by atoms with E-state index in [0.717, 1.165) is 31.1 Å². The molecule has 0 radical (unpaired) electrons. The largest absolute Gasteiger partial charge is 0.481 e. The Labute approximate surface area is 165 Å². The van der Waals surface area contributed by atoms with Gasteiger partial charge in [0.25, 0.3) is 0 Å². The third-order valence-corrected chi connectivity index (χ3v) is 4.90. The predicted molar refractivity (Wildman–Crippen MR) is 112 cm³/mol. The number of nitrogens with zero attached hydrogens (tertiary/aromatic N) is 3. The van der Waals surface area contributed by atoms with Gasteiger partial charge in [-0.25, -0.2) is 0 Å². The summed E-state index contributed by atoms with van der Waals surface area (Å²) in [5.74, 6) is 0.436. The molecule has 8 heteroatoms. The summed E-state index contributed by atoms with van der Waals surface area (Å²) in [6.07, 6.45) is 5.26. The maximum Gasteiger partial charge on any atom is 0.206 e. The van der Waals surface area contributed by atoms with Gasteiger partial charge in [-0.15, -0.1) is 0 Å². The van der Waals surface area contributed by atoms with Crippen LogP contribution in [-0.4, -0.2) is 56.4 Å². The molecule has 4 N–H and O–H groups in total. The Balaban J connectivity index is 2.36. The number of allylic oxidation sites excluding steroid dienone is 1. The van der Waals surface area contributed by atoms with Gasteiger partial charge in [0, 0.05) is 49.5 Å². The molecule has 146 valence electrons. The van der Waals surface area contributed by atoms with Crippen LogP contribution in [0.3, 0.4) is 0 Å². The molecule has 0 atom stereocenters. The number of hydrogen-bond donors (Lipinski definition) is 4. The number of nitrogens with one attached hydrogen (secondary N) is 4. The van der Waals surface area contributed by atoms with E-state index in [2.05, 4.69) is 11.0 Å². The SMILES string of the molecule is COC(=N)/C=C(\C=N)c1cccc(C#N)c1N1CCC(C(=N)N(C)C=N)CC1. The van der Waals surface area contributed by atoms with Crippen molar-refractivity contribution < 1.29 is 4.74 Å². The molecule has 0 spiro atoms. The van der Waals surface area contributed by atoms with Crippen molar-refractivity contribution >= 4 is 35.5 Å². The van der Waals surface area contributed by atoms with Crippen LogP contribution in [0.15, 0.2) is 24.3 Å².